The minimum Gasteiger partial charge on any atom is -0.489 e. The first-order valence-electron chi connectivity index (χ1n) is 25.1. The summed E-state index contributed by atoms with van der Waals surface area (Å²) in [6, 6.07) is 40.7. The van der Waals surface area contributed by atoms with Crippen molar-refractivity contribution in [2.75, 3.05) is 26.4 Å². The van der Waals surface area contributed by atoms with Gasteiger partial charge in [0.15, 0.2) is 23.0 Å². The van der Waals surface area contributed by atoms with E-state index in [4.69, 9.17) is 18.9 Å². The molecule has 6 aromatic rings. The van der Waals surface area contributed by atoms with Crippen molar-refractivity contribution in [3.05, 3.63) is 165 Å². The first-order chi connectivity index (χ1) is 32.4. The summed E-state index contributed by atoms with van der Waals surface area (Å²) in [4.78, 5) is 0. The Hall–Kier alpha value is -6.00. The maximum Gasteiger partial charge on any atom is 0.161 e. The van der Waals surface area contributed by atoms with E-state index in [1.165, 1.54) is 55.6 Å². The molecule has 2 aliphatic carbocycles. The topological polar surface area (TPSA) is 36.9 Å². The predicted octanol–water partition coefficient (Wildman–Crippen LogP) is 16.7. The third-order valence-corrected chi connectivity index (χ3v) is 14.4. The maximum atomic E-state index is 6.90. The van der Waals surface area contributed by atoms with Crippen molar-refractivity contribution in [1.82, 2.24) is 0 Å². The molecule has 1 spiro atoms. The first-order valence-corrected chi connectivity index (χ1v) is 25.1. The summed E-state index contributed by atoms with van der Waals surface area (Å²) in [6.45, 7) is 24.6. The summed E-state index contributed by atoms with van der Waals surface area (Å²) in [5.74, 6) is 4.71. The SMILES string of the molecule is CCC(C)COc1cc2c(cc1OCC(C)CC)C1(c3cc(/C=C/c4ccc(C)cc4)ccc3-c3ccc(/C=C/c4ccc(C)cc4)cc31)c1cc(OCC(C)CC)c(OCC(C)CC)cc1-2. The third kappa shape index (κ3) is 10.0. The smallest absolute Gasteiger partial charge is 0.161 e. The third-order valence-electron chi connectivity index (χ3n) is 14.4. The van der Waals surface area contributed by atoms with Crippen molar-refractivity contribution >= 4 is 24.3 Å². The van der Waals surface area contributed by atoms with Crippen molar-refractivity contribution in [2.24, 2.45) is 23.7 Å². The van der Waals surface area contributed by atoms with E-state index in [1.54, 1.807) is 0 Å². The van der Waals surface area contributed by atoms with Gasteiger partial charge >= 0.3 is 0 Å². The minimum atomic E-state index is -0.718. The van der Waals surface area contributed by atoms with E-state index >= 15 is 0 Å². The van der Waals surface area contributed by atoms with Crippen LogP contribution in [0.15, 0.2) is 109 Å². The Morgan fingerprint density at radius 1 is 0.358 bits per heavy atom. The van der Waals surface area contributed by atoms with Crippen molar-refractivity contribution in [2.45, 2.75) is 100 Å². The Kier molecular flexibility index (Phi) is 14.8. The van der Waals surface area contributed by atoms with Crippen LogP contribution < -0.4 is 18.9 Å². The van der Waals surface area contributed by atoms with Crippen LogP contribution in [0, 0.1) is 37.5 Å². The lowest BCUT2D eigenvalue weighted by atomic mass is 9.70. The molecule has 0 radical (unpaired) electrons. The predicted molar refractivity (Wildman–Crippen MR) is 283 cm³/mol. The highest BCUT2D eigenvalue weighted by atomic mass is 16.5. The van der Waals surface area contributed by atoms with Gasteiger partial charge in [-0.15, -0.1) is 0 Å². The number of benzene rings is 6. The van der Waals surface area contributed by atoms with E-state index in [0.29, 0.717) is 50.1 Å². The number of hydrogen-bond acceptors (Lipinski definition) is 4. The fraction of sp³-hybridized carbons (Fsp3) is 0.365. The average Bonchev–Trinajstić information content (AvgIpc) is 3.79. The van der Waals surface area contributed by atoms with E-state index in [2.05, 4.69) is 203 Å². The van der Waals surface area contributed by atoms with Gasteiger partial charge in [0.1, 0.15) is 0 Å². The fourth-order valence-electron chi connectivity index (χ4n) is 9.07. The molecule has 0 saturated carbocycles. The highest BCUT2D eigenvalue weighted by Crippen LogP contribution is 2.65. The molecule has 2 aliphatic rings. The molecular formula is C63H72O4. The lowest BCUT2D eigenvalue weighted by Crippen LogP contribution is -2.26. The molecule has 6 aromatic carbocycles. The van der Waals surface area contributed by atoms with Crippen molar-refractivity contribution in [3.8, 4) is 45.3 Å². The van der Waals surface area contributed by atoms with Gasteiger partial charge in [-0.2, -0.15) is 0 Å². The second-order valence-corrected chi connectivity index (χ2v) is 19.8. The Labute approximate surface area is 402 Å². The van der Waals surface area contributed by atoms with E-state index in [0.717, 1.165) is 70.9 Å². The molecule has 0 aromatic heterocycles. The summed E-state index contributed by atoms with van der Waals surface area (Å²) in [5, 5.41) is 0. The molecule has 0 N–H and O–H groups in total. The second-order valence-electron chi connectivity index (χ2n) is 19.8. The van der Waals surface area contributed by atoms with E-state index in [9.17, 15) is 0 Å². The first kappa shape index (κ1) is 47.5. The lowest BCUT2D eigenvalue weighted by Gasteiger charge is -2.32. The van der Waals surface area contributed by atoms with Gasteiger partial charge < -0.3 is 18.9 Å². The van der Waals surface area contributed by atoms with Crippen LogP contribution in [0.4, 0.5) is 0 Å². The number of aryl methyl sites for hydroxylation is 2. The maximum absolute atomic E-state index is 6.90. The number of rotatable bonds is 20. The average molecular weight is 893 g/mol. The molecule has 4 heteroatoms. The molecule has 0 aliphatic heterocycles. The van der Waals surface area contributed by atoms with Gasteiger partial charge in [0, 0.05) is 0 Å². The Balaban J connectivity index is 1.43. The van der Waals surface area contributed by atoms with Crippen LogP contribution in [-0.4, -0.2) is 26.4 Å². The number of hydrogen-bond donors (Lipinski definition) is 0. The molecule has 67 heavy (non-hydrogen) atoms. The normalized spacial score (nSPS) is 15.0. The van der Waals surface area contributed by atoms with Gasteiger partial charge in [-0.1, -0.05) is 189 Å². The van der Waals surface area contributed by atoms with Crippen LogP contribution in [-0.2, 0) is 5.41 Å². The largest absolute Gasteiger partial charge is 0.489 e. The summed E-state index contributed by atoms with van der Waals surface area (Å²) < 4.78 is 27.4. The van der Waals surface area contributed by atoms with E-state index in [-0.39, 0.29) is 0 Å². The van der Waals surface area contributed by atoms with Crippen LogP contribution in [0.2, 0.25) is 0 Å². The standard InChI is InChI=1S/C63H72O4/c1-11-41(5)37-64-59-33-53-54-34-60(65-38-42(6)12-2)62(67-40-44(8)14-4)36-58(54)63(57(53)35-61(59)66-39-43(7)13-3)55-31-49(25-23-47-19-15-45(9)16-20-47)27-29-51(55)52-30-28-50(32-56(52)63)26-24-48-21-17-46(10)18-22-48/h15-36,41-44H,11-14,37-40H2,1-10H3/b25-23+,26-24+. The zero-order valence-electron chi connectivity index (χ0n) is 41.8. The highest BCUT2D eigenvalue weighted by molar-refractivity contribution is 5.97. The Morgan fingerprint density at radius 3 is 0.970 bits per heavy atom. The van der Waals surface area contributed by atoms with E-state index in [1.807, 2.05) is 0 Å². The molecule has 348 valence electrons. The number of ether oxygens (including phenoxy) is 4. The molecule has 4 unspecified atom stereocenters. The van der Waals surface area contributed by atoms with Crippen LogP contribution >= 0.6 is 0 Å². The van der Waals surface area contributed by atoms with Crippen molar-refractivity contribution in [3.63, 3.8) is 0 Å². The fourth-order valence-corrected chi connectivity index (χ4v) is 9.07. The lowest BCUT2D eigenvalue weighted by molar-refractivity contribution is 0.217. The van der Waals surface area contributed by atoms with Gasteiger partial charge in [-0.05, 0) is 141 Å². The molecule has 0 saturated heterocycles. The molecule has 4 atom stereocenters. The molecule has 0 amide bonds. The zero-order valence-corrected chi connectivity index (χ0v) is 41.8. The summed E-state index contributed by atoms with van der Waals surface area (Å²) in [7, 11) is 0. The molecule has 0 bridgehead atoms. The van der Waals surface area contributed by atoms with Crippen molar-refractivity contribution in [1.29, 1.82) is 0 Å². The molecule has 4 nitrogen and oxygen atoms in total. The van der Waals surface area contributed by atoms with Crippen LogP contribution in [0.25, 0.3) is 46.6 Å². The van der Waals surface area contributed by atoms with Crippen molar-refractivity contribution < 1.29 is 18.9 Å². The Bertz CT molecular complexity index is 2530. The molecular weight excluding hydrogens is 821 g/mol. The van der Waals surface area contributed by atoms with Crippen LogP contribution in [0.3, 0.4) is 0 Å². The monoisotopic (exact) mass is 893 g/mol. The van der Waals surface area contributed by atoms with Gasteiger partial charge in [0.05, 0.1) is 31.8 Å². The second kappa shape index (κ2) is 20.9. The Morgan fingerprint density at radius 2 is 0.642 bits per heavy atom. The highest BCUT2D eigenvalue weighted by Gasteiger charge is 2.53. The van der Waals surface area contributed by atoms with Gasteiger partial charge in [-0.25, -0.2) is 0 Å². The van der Waals surface area contributed by atoms with Crippen LogP contribution in [0.5, 0.6) is 23.0 Å². The number of fused-ring (bicyclic) bond motifs is 10. The van der Waals surface area contributed by atoms with E-state index < -0.39 is 5.41 Å². The molecule has 0 fully saturated rings. The van der Waals surface area contributed by atoms with Gasteiger partial charge in [0.25, 0.3) is 0 Å². The van der Waals surface area contributed by atoms with Crippen LogP contribution in [0.1, 0.15) is 137 Å². The summed E-state index contributed by atoms with van der Waals surface area (Å²) >= 11 is 0. The van der Waals surface area contributed by atoms with Gasteiger partial charge in [0.2, 0.25) is 0 Å². The van der Waals surface area contributed by atoms with Gasteiger partial charge in [-0.3, -0.25) is 0 Å². The molecule has 8 rings (SSSR count). The molecule has 0 heterocycles. The quantitative estimate of drug-likeness (QED) is 0.0715. The zero-order chi connectivity index (χ0) is 47.2. The minimum absolute atomic E-state index is 0.385. The summed E-state index contributed by atoms with van der Waals surface area (Å²) in [5.41, 5.74) is 16.0. The summed E-state index contributed by atoms with van der Waals surface area (Å²) in [6.07, 6.45) is 13.1.